The van der Waals surface area contributed by atoms with Crippen molar-refractivity contribution in [1.29, 1.82) is 0 Å². The highest BCUT2D eigenvalue weighted by atomic mass is 32.1. The molecule has 0 fully saturated rings. The Morgan fingerprint density at radius 1 is 1.26 bits per heavy atom. The molecule has 19 heavy (non-hydrogen) atoms. The number of nitrogens with zero attached hydrogens (tertiary/aromatic N) is 3. The van der Waals surface area contributed by atoms with Crippen LogP contribution in [0.4, 0.5) is 5.13 Å². The lowest BCUT2D eigenvalue weighted by atomic mass is 10.1. The standard InChI is InChI=1S/C13H21N5S/c1-7-10(9(3)18(6)17-7)11-12(8(2)14-4)19-13(15-5)16-11/h8,14H,1-6H3,(H,15,16). The normalized spacial score (nSPS) is 12.7. The minimum Gasteiger partial charge on any atom is -0.365 e. The zero-order valence-electron chi connectivity index (χ0n) is 12.3. The van der Waals surface area contributed by atoms with Crippen LogP contribution in [0.1, 0.15) is 29.2 Å². The molecule has 5 nitrogen and oxygen atoms in total. The Bertz CT molecular complexity index is 584. The molecule has 0 saturated heterocycles. The molecule has 1 atom stereocenters. The fraction of sp³-hybridized carbons (Fsp3) is 0.538. The third-order valence-electron chi connectivity index (χ3n) is 3.44. The van der Waals surface area contributed by atoms with Crippen molar-refractivity contribution in [2.75, 3.05) is 19.4 Å². The zero-order chi connectivity index (χ0) is 14.2. The number of anilines is 1. The maximum absolute atomic E-state index is 4.72. The molecule has 0 aliphatic heterocycles. The van der Waals surface area contributed by atoms with E-state index >= 15 is 0 Å². The second-order valence-corrected chi connectivity index (χ2v) is 5.69. The van der Waals surface area contributed by atoms with Gasteiger partial charge in [0, 0.05) is 31.4 Å². The maximum atomic E-state index is 4.72. The first-order valence-electron chi connectivity index (χ1n) is 6.35. The Morgan fingerprint density at radius 3 is 2.42 bits per heavy atom. The van der Waals surface area contributed by atoms with Gasteiger partial charge in [-0.25, -0.2) is 4.98 Å². The van der Waals surface area contributed by atoms with E-state index in [2.05, 4.69) is 29.6 Å². The molecule has 0 aromatic carbocycles. The summed E-state index contributed by atoms with van der Waals surface area (Å²) in [4.78, 5) is 5.96. The highest BCUT2D eigenvalue weighted by Gasteiger charge is 2.22. The Morgan fingerprint density at radius 2 is 1.95 bits per heavy atom. The van der Waals surface area contributed by atoms with Gasteiger partial charge >= 0.3 is 0 Å². The molecule has 0 saturated carbocycles. The van der Waals surface area contributed by atoms with Gasteiger partial charge in [0.05, 0.1) is 16.3 Å². The van der Waals surface area contributed by atoms with Crippen molar-refractivity contribution in [1.82, 2.24) is 20.1 Å². The van der Waals surface area contributed by atoms with E-state index in [1.807, 2.05) is 32.7 Å². The predicted molar refractivity (Wildman–Crippen MR) is 80.8 cm³/mol. The number of thiazole rings is 1. The first-order valence-corrected chi connectivity index (χ1v) is 7.17. The Balaban J connectivity index is 2.63. The number of hydrogen-bond acceptors (Lipinski definition) is 5. The van der Waals surface area contributed by atoms with Crippen LogP contribution in [0.5, 0.6) is 0 Å². The van der Waals surface area contributed by atoms with E-state index in [9.17, 15) is 0 Å². The van der Waals surface area contributed by atoms with Gasteiger partial charge in [-0.05, 0) is 27.8 Å². The summed E-state index contributed by atoms with van der Waals surface area (Å²) in [5.41, 5.74) is 4.36. The van der Waals surface area contributed by atoms with E-state index in [4.69, 9.17) is 4.98 Å². The van der Waals surface area contributed by atoms with Crippen LogP contribution in [0.3, 0.4) is 0 Å². The molecule has 2 N–H and O–H groups in total. The number of hydrogen-bond donors (Lipinski definition) is 2. The largest absolute Gasteiger partial charge is 0.365 e. The van der Waals surface area contributed by atoms with Crippen LogP contribution in [0.2, 0.25) is 0 Å². The van der Waals surface area contributed by atoms with E-state index in [-0.39, 0.29) is 6.04 Å². The molecule has 0 bridgehead atoms. The molecule has 2 heterocycles. The summed E-state index contributed by atoms with van der Waals surface area (Å²) in [5.74, 6) is 0. The molecule has 1 unspecified atom stereocenters. The highest BCUT2D eigenvalue weighted by Crippen LogP contribution is 2.37. The molecule has 2 aromatic rings. The van der Waals surface area contributed by atoms with Crippen molar-refractivity contribution in [3.05, 3.63) is 16.3 Å². The van der Waals surface area contributed by atoms with Crippen LogP contribution < -0.4 is 10.6 Å². The van der Waals surface area contributed by atoms with Gasteiger partial charge in [0.25, 0.3) is 0 Å². The summed E-state index contributed by atoms with van der Waals surface area (Å²) in [6.45, 7) is 6.27. The summed E-state index contributed by atoms with van der Waals surface area (Å²) < 4.78 is 1.91. The third kappa shape index (κ3) is 2.37. The van der Waals surface area contributed by atoms with Gasteiger partial charge < -0.3 is 10.6 Å². The van der Waals surface area contributed by atoms with Gasteiger partial charge in [-0.3, -0.25) is 4.68 Å². The lowest BCUT2D eigenvalue weighted by Crippen LogP contribution is -2.11. The van der Waals surface area contributed by atoms with Crippen LogP contribution >= 0.6 is 11.3 Å². The third-order valence-corrected chi connectivity index (χ3v) is 4.69. The zero-order valence-corrected chi connectivity index (χ0v) is 13.1. The fourth-order valence-electron chi connectivity index (χ4n) is 2.16. The van der Waals surface area contributed by atoms with Gasteiger partial charge in [0.1, 0.15) is 0 Å². The molecule has 2 aromatic heterocycles. The van der Waals surface area contributed by atoms with Gasteiger partial charge in [0.15, 0.2) is 5.13 Å². The minimum absolute atomic E-state index is 0.272. The summed E-state index contributed by atoms with van der Waals surface area (Å²) in [6, 6.07) is 0.272. The van der Waals surface area contributed by atoms with Gasteiger partial charge in [-0.2, -0.15) is 5.10 Å². The molecule has 0 spiro atoms. The molecule has 0 amide bonds. The minimum atomic E-state index is 0.272. The molecule has 6 heteroatoms. The van der Waals surface area contributed by atoms with E-state index in [0.717, 1.165) is 27.8 Å². The van der Waals surface area contributed by atoms with Crippen LogP contribution in [-0.4, -0.2) is 28.9 Å². The van der Waals surface area contributed by atoms with Crippen molar-refractivity contribution in [3.8, 4) is 11.3 Å². The fourth-order valence-corrected chi connectivity index (χ4v) is 3.15. The number of rotatable bonds is 4. The van der Waals surface area contributed by atoms with E-state index in [1.165, 1.54) is 4.88 Å². The topological polar surface area (TPSA) is 54.8 Å². The molecular formula is C13H21N5S. The lowest BCUT2D eigenvalue weighted by molar-refractivity contribution is 0.664. The molecule has 2 rings (SSSR count). The average Bonchev–Trinajstić information content (AvgIpc) is 2.91. The number of nitrogens with one attached hydrogen (secondary N) is 2. The second kappa shape index (κ2) is 5.30. The van der Waals surface area contributed by atoms with Crippen LogP contribution in [0.25, 0.3) is 11.3 Å². The van der Waals surface area contributed by atoms with Gasteiger partial charge in [0.2, 0.25) is 0 Å². The van der Waals surface area contributed by atoms with Crippen molar-refractivity contribution in [2.24, 2.45) is 7.05 Å². The first-order chi connectivity index (χ1) is 8.99. The van der Waals surface area contributed by atoms with E-state index in [0.29, 0.717) is 0 Å². The molecule has 0 aliphatic carbocycles. The quantitative estimate of drug-likeness (QED) is 0.903. The highest BCUT2D eigenvalue weighted by molar-refractivity contribution is 7.16. The van der Waals surface area contributed by atoms with Crippen molar-refractivity contribution >= 4 is 16.5 Å². The van der Waals surface area contributed by atoms with Gasteiger partial charge in [-0.1, -0.05) is 11.3 Å². The average molecular weight is 279 g/mol. The summed E-state index contributed by atoms with van der Waals surface area (Å²) in [6.07, 6.45) is 0. The first kappa shape index (κ1) is 14.0. The smallest absolute Gasteiger partial charge is 0.183 e. The Kier molecular flexibility index (Phi) is 3.91. The molecular weight excluding hydrogens is 258 g/mol. The van der Waals surface area contributed by atoms with Crippen LogP contribution in [0, 0.1) is 13.8 Å². The summed E-state index contributed by atoms with van der Waals surface area (Å²) >= 11 is 1.69. The predicted octanol–water partition coefficient (Wildman–Crippen LogP) is 2.48. The molecule has 0 aliphatic rings. The Hall–Kier alpha value is -1.40. The van der Waals surface area contributed by atoms with Crippen molar-refractivity contribution < 1.29 is 0 Å². The van der Waals surface area contributed by atoms with Gasteiger partial charge in [-0.15, -0.1) is 0 Å². The number of aromatic nitrogens is 3. The maximum Gasteiger partial charge on any atom is 0.183 e. The Labute approximate surface area is 118 Å². The summed E-state index contributed by atoms with van der Waals surface area (Å²) in [5, 5.41) is 11.9. The van der Waals surface area contributed by atoms with Crippen molar-refractivity contribution in [3.63, 3.8) is 0 Å². The van der Waals surface area contributed by atoms with Crippen molar-refractivity contribution in [2.45, 2.75) is 26.8 Å². The van der Waals surface area contributed by atoms with E-state index < -0.39 is 0 Å². The summed E-state index contributed by atoms with van der Waals surface area (Å²) in [7, 11) is 5.84. The number of aryl methyl sites for hydroxylation is 2. The lowest BCUT2D eigenvalue weighted by Gasteiger charge is -2.10. The van der Waals surface area contributed by atoms with E-state index in [1.54, 1.807) is 11.3 Å². The second-order valence-electron chi connectivity index (χ2n) is 4.66. The monoisotopic (exact) mass is 279 g/mol. The van der Waals surface area contributed by atoms with Crippen LogP contribution in [-0.2, 0) is 7.05 Å². The van der Waals surface area contributed by atoms with Crippen LogP contribution in [0.15, 0.2) is 0 Å². The molecule has 0 radical (unpaired) electrons. The SMILES string of the molecule is CNc1nc(-c2c(C)nn(C)c2C)c(C(C)NC)s1. The molecule has 104 valence electrons.